The molecule has 1 saturated carbocycles. The number of nitrogens with one attached hydrogen (secondary N) is 1. The highest BCUT2D eigenvalue weighted by Crippen LogP contribution is 2.23. The molecule has 5 heteroatoms. The van der Waals surface area contributed by atoms with Crippen LogP contribution in [0.3, 0.4) is 0 Å². The second-order valence-corrected chi connectivity index (χ2v) is 6.38. The van der Waals surface area contributed by atoms with Crippen LogP contribution < -0.4 is 10.2 Å². The van der Waals surface area contributed by atoms with Gasteiger partial charge in [-0.15, -0.1) is 0 Å². The van der Waals surface area contributed by atoms with Crippen molar-refractivity contribution < 1.29 is 5.11 Å². The van der Waals surface area contributed by atoms with Crippen LogP contribution in [-0.4, -0.2) is 39.8 Å². The molecular weight excluding hydrogens is 252 g/mol. The second-order valence-electron chi connectivity index (χ2n) is 6.38. The third-order valence-corrected chi connectivity index (χ3v) is 4.21. The van der Waals surface area contributed by atoms with Crippen molar-refractivity contribution in [2.75, 3.05) is 18.0 Å². The Morgan fingerprint density at radius 2 is 2.05 bits per heavy atom. The van der Waals surface area contributed by atoms with Crippen molar-refractivity contribution in [3.05, 3.63) is 18.0 Å². The molecule has 1 aromatic heterocycles. The van der Waals surface area contributed by atoms with E-state index in [1.165, 1.54) is 12.8 Å². The predicted molar refractivity (Wildman–Crippen MR) is 78.6 cm³/mol. The quantitative estimate of drug-likeness (QED) is 0.872. The van der Waals surface area contributed by atoms with Gasteiger partial charge >= 0.3 is 0 Å². The van der Waals surface area contributed by atoms with Gasteiger partial charge in [0.15, 0.2) is 0 Å². The minimum absolute atomic E-state index is 0.539. The first-order chi connectivity index (χ1) is 9.62. The summed E-state index contributed by atoms with van der Waals surface area (Å²) in [4.78, 5) is 11.1. The number of nitrogens with zero attached hydrogens (tertiary/aromatic N) is 3. The Labute approximate surface area is 120 Å². The third-order valence-electron chi connectivity index (χ3n) is 4.21. The molecule has 0 aromatic carbocycles. The molecule has 1 atom stereocenters. The summed E-state index contributed by atoms with van der Waals surface area (Å²) in [5.74, 6) is 0.790. The smallest absolute Gasteiger partial charge is 0.225 e. The number of anilines is 1. The van der Waals surface area contributed by atoms with E-state index in [4.69, 9.17) is 0 Å². The first-order valence-electron chi connectivity index (χ1n) is 7.64. The maximum Gasteiger partial charge on any atom is 0.225 e. The lowest BCUT2D eigenvalue weighted by molar-refractivity contribution is 0.0481. The minimum atomic E-state index is -0.539. The average molecular weight is 276 g/mol. The molecule has 0 amide bonds. The van der Waals surface area contributed by atoms with Gasteiger partial charge in [-0.1, -0.05) is 0 Å². The SMILES string of the molecule is CC1(O)CCCN(c2ncc(CNC3CC3)cn2)CC1. The molecular formula is C15H24N4O. The number of aromatic nitrogens is 2. The molecule has 2 aliphatic rings. The summed E-state index contributed by atoms with van der Waals surface area (Å²) in [6.45, 7) is 4.53. The van der Waals surface area contributed by atoms with Gasteiger partial charge in [-0.3, -0.25) is 0 Å². The zero-order valence-corrected chi connectivity index (χ0v) is 12.2. The van der Waals surface area contributed by atoms with Crippen molar-refractivity contribution in [1.82, 2.24) is 15.3 Å². The number of rotatable bonds is 4. The summed E-state index contributed by atoms with van der Waals surface area (Å²) in [5, 5.41) is 13.6. The van der Waals surface area contributed by atoms with E-state index < -0.39 is 5.60 Å². The Hall–Kier alpha value is -1.20. The highest BCUT2D eigenvalue weighted by atomic mass is 16.3. The molecule has 2 N–H and O–H groups in total. The van der Waals surface area contributed by atoms with E-state index in [1.54, 1.807) is 0 Å². The number of hydrogen-bond acceptors (Lipinski definition) is 5. The van der Waals surface area contributed by atoms with Crippen LogP contribution in [0.2, 0.25) is 0 Å². The maximum atomic E-state index is 10.1. The number of aliphatic hydroxyl groups is 1. The van der Waals surface area contributed by atoms with Crippen LogP contribution in [0, 0.1) is 0 Å². The molecule has 2 fully saturated rings. The summed E-state index contributed by atoms with van der Waals surface area (Å²) in [6, 6.07) is 0.711. The van der Waals surface area contributed by atoms with E-state index in [1.807, 2.05) is 19.3 Å². The molecule has 1 unspecified atom stereocenters. The van der Waals surface area contributed by atoms with Crippen LogP contribution in [0.15, 0.2) is 12.4 Å². The van der Waals surface area contributed by atoms with Crippen LogP contribution in [-0.2, 0) is 6.54 Å². The van der Waals surface area contributed by atoms with E-state index in [9.17, 15) is 5.11 Å². The van der Waals surface area contributed by atoms with Crippen LogP contribution in [0.5, 0.6) is 0 Å². The van der Waals surface area contributed by atoms with Crippen LogP contribution in [0.25, 0.3) is 0 Å². The van der Waals surface area contributed by atoms with Crippen LogP contribution in [0.4, 0.5) is 5.95 Å². The largest absolute Gasteiger partial charge is 0.390 e. The molecule has 1 aliphatic heterocycles. The average Bonchev–Trinajstić information content (AvgIpc) is 3.25. The van der Waals surface area contributed by atoms with Gasteiger partial charge in [0, 0.05) is 43.6 Å². The predicted octanol–water partition coefficient (Wildman–Crippen LogP) is 1.47. The zero-order chi connectivity index (χ0) is 14.0. The van der Waals surface area contributed by atoms with Gasteiger partial charge < -0.3 is 15.3 Å². The van der Waals surface area contributed by atoms with Gasteiger partial charge in [0.1, 0.15) is 0 Å². The van der Waals surface area contributed by atoms with Crippen molar-refractivity contribution in [2.45, 2.75) is 57.2 Å². The van der Waals surface area contributed by atoms with Crippen molar-refractivity contribution in [3.8, 4) is 0 Å². The molecule has 3 rings (SSSR count). The fourth-order valence-electron chi connectivity index (χ4n) is 2.62. The Balaban J connectivity index is 1.58. The molecule has 1 aromatic rings. The lowest BCUT2D eigenvalue weighted by Gasteiger charge is -2.22. The Bertz CT molecular complexity index is 442. The van der Waals surface area contributed by atoms with E-state index in [2.05, 4.69) is 20.2 Å². The van der Waals surface area contributed by atoms with Crippen LogP contribution >= 0.6 is 0 Å². The topological polar surface area (TPSA) is 61.3 Å². The lowest BCUT2D eigenvalue weighted by atomic mass is 9.98. The summed E-state index contributed by atoms with van der Waals surface area (Å²) in [6.07, 6.45) is 9.05. The standard InChI is InChI=1S/C15H24N4O/c1-15(20)5-2-7-19(8-6-15)14-17-10-12(11-18-14)9-16-13-3-4-13/h10-11,13,16,20H,2-9H2,1H3. The fourth-order valence-corrected chi connectivity index (χ4v) is 2.62. The zero-order valence-electron chi connectivity index (χ0n) is 12.2. The van der Waals surface area contributed by atoms with Gasteiger partial charge in [0.2, 0.25) is 5.95 Å². The minimum Gasteiger partial charge on any atom is -0.390 e. The summed E-state index contributed by atoms with van der Waals surface area (Å²) in [7, 11) is 0. The van der Waals surface area contributed by atoms with E-state index in [0.29, 0.717) is 6.04 Å². The molecule has 0 spiro atoms. The monoisotopic (exact) mass is 276 g/mol. The Morgan fingerprint density at radius 1 is 1.30 bits per heavy atom. The molecule has 0 bridgehead atoms. The van der Waals surface area contributed by atoms with Gasteiger partial charge in [0.05, 0.1) is 5.60 Å². The molecule has 1 saturated heterocycles. The molecule has 2 heterocycles. The highest BCUT2D eigenvalue weighted by Gasteiger charge is 2.26. The summed E-state index contributed by atoms with van der Waals surface area (Å²) in [5.41, 5.74) is 0.602. The maximum absolute atomic E-state index is 10.1. The molecule has 20 heavy (non-hydrogen) atoms. The van der Waals surface area contributed by atoms with Gasteiger partial charge in [-0.25, -0.2) is 9.97 Å². The van der Waals surface area contributed by atoms with Crippen molar-refractivity contribution in [1.29, 1.82) is 0 Å². The van der Waals surface area contributed by atoms with Gasteiger partial charge in [-0.2, -0.15) is 0 Å². The molecule has 1 aliphatic carbocycles. The van der Waals surface area contributed by atoms with Gasteiger partial charge in [0.25, 0.3) is 0 Å². The van der Waals surface area contributed by atoms with Crippen molar-refractivity contribution >= 4 is 5.95 Å². The lowest BCUT2D eigenvalue weighted by Crippen LogP contribution is -2.29. The van der Waals surface area contributed by atoms with Gasteiger partial charge in [-0.05, 0) is 39.0 Å². The highest BCUT2D eigenvalue weighted by molar-refractivity contribution is 5.30. The van der Waals surface area contributed by atoms with Crippen LogP contribution in [0.1, 0.15) is 44.6 Å². The molecule has 5 nitrogen and oxygen atoms in total. The van der Waals surface area contributed by atoms with E-state index in [0.717, 1.165) is 50.4 Å². The normalized spacial score (nSPS) is 27.4. The van der Waals surface area contributed by atoms with E-state index >= 15 is 0 Å². The molecule has 110 valence electrons. The second kappa shape index (κ2) is 5.66. The fraction of sp³-hybridized carbons (Fsp3) is 0.733. The van der Waals surface area contributed by atoms with E-state index in [-0.39, 0.29) is 0 Å². The molecule has 0 radical (unpaired) electrons. The first kappa shape index (κ1) is 13.8. The summed E-state index contributed by atoms with van der Waals surface area (Å²) < 4.78 is 0. The number of hydrogen-bond donors (Lipinski definition) is 2. The van der Waals surface area contributed by atoms with Crippen molar-refractivity contribution in [2.24, 2.45) is 0 Å². The summed E-state index contributed by atoms with van der Waals surface area (Å²) >= 11 is 0. The van der Waals surface area contributed by atoms with Crippen molar-refractivity contribution in [3.63, 3.8) is 0 Å². The third kappa shape index (κ3) is 3.67. The first-order valence-corrected chi connectivity index (χ1v) is 7.64. The Morgan fingerprint density at radius 3 is 2.75 bits per heavy atom. The Kier molecular flexibility index (Phi) is 3.89.